The minimum Gasteiger partial charge on any atom is -0.208 e. The van der Waals surface area contributed by atoms with Crippen LogP contribution in [0.1, 0.15) is 0 Å². The Morgan fingerprint density at radius 3 is 1.32 bits per heavy atom. The van der Waals surface area contributed by atoms with Gasteiger partial charge in [0.25, 0.3) is 0 Å². The van der Waals surface area contributed by atoms with Crippen molar-refractivity contribution < 1.29 is 0 Å². The lowest BCUT2D eigenvalue weighted by Crippen LogP contribution is -2.01. The molecule has 5 aromatic carbocycles. The van der Waals surface area contributed by atoms with Crippen molar-refractivity contribution in [1.29, 1.82) is 0 Å². The predicted octanol–water partition coefficient (Wildman–Crippen LogP) is 8.97. The largest absolute Gasteiger partial charge is 0.208 e. The molecule has 1 heterocycles. The number of halogens is 1. The summed E-state index contributed by atoms with van der Waals surface area (Å²) in [5, 5.41) is 0. The Morgan fingerprint density at radius 1 is 0.324 bits per heavy atom. The van der Waals surface area contributed by atoms with E-state index in [4.69, 9.17) is 15.0 Å². The van der Waals surface area contributed by atoms with Crippen molar-refractivity contribution >= 4 is 15.9 Å². The van der Waals surface area contributed by atoms with E-state index in [1.807, 2.05) is 60.7 Å². The highest BCUT2D eigenvalue weighted by Crippen LogP contribution is 2.33. The third-order valence-corrected chi connectivity index (χ3v) is 6.77. The standard InChI is InChI=1S/C33H22BrN3/c34-28-21-19-27(20-22-28)32-35-31(26-17-15-24(16-18-26)23-9-3-1-4-10-23)36-33(37-32)30-14-8-7-13-29(30)25-11-5-2-6-12-25/h1-22H. The van der Waals surface area contributed by atoms with Gasteiger partial charge in [0.15, 0.2) is 17.5 Å². The van der Waals surface area contributed by atoms with E-state index >= 15 is 0 Å². The molecular weight excluding hydrogens is 518 g/mol. The molecule has 0 saturated carbocycles. The van der Waals surface area contributed by atoms with Gasteiger partial charge in [-0.1, -0.05) is 137 Å². The zero-order chi connectivity index (χ0) is 25.0. The summed E-state index contributed by atoms with van der Waals surface area (Å²) in [6, 6.07) is 45.4. The van der Waals surface area contributed by atoms with Gasteiger partial charge >= 0.3 is 0 Å². The first-order chi connectivity index (χ1) is 18.2. The molecule has 0 atom stereocenters. The molecule has 1 aromatic heterocycles. The molecule has 0 aliphatic carbocycles. The maximum Gasteiger partial charge on any atom is 0.164 e. The second-order valence-electron chi connectivity index (χ2n) is 8.67. The lowest BCUT2D eigenvalue weighted by Gasteiger charge is -2.12. The molecule has 0 amide bonds. The van der Waals surface area contributed by atoms with Gasteiger partial charge in [0, 0.05) is 21.2 Å². The van der Waals surface area contributed by atoms with Gasteiger partial charge in [0.1, 0.15) is 0 Å². The molecule has 4 heteroatoms. The molecule has 0 unspecified atom stereocenters. The zero-order valence-electron chi connectivity index (χ0n) is 19.9. The Bertz CT molecular complexity index is 1650. The molecule has 0 spiro atoms. The van der Waals surface area contributed by atoms with Crippen LogP contribution in [0.25, 0.3) is 56.4 Å². The molecule has 6 aromatic rings. The maximum atomic E-state index is 4.97. The molecule has 37 heavy (non-hydrogen) atoms. The van der Waals surface area contributed by atoms with Crippen molar-refractivity contribution in [3.05, 3.63) is 138 Å². The summed E-state index contributed by atoms with van der Waals surface area (Å²) in [5.74, 6) is 1.93. The number of benzene rings is 5. The van der Waals surface area contributed by atoms with Crippen molar-refractivity contribution in [3.8, 4) is 56.4 Å². The fraction of sp³-hybridized carbons (Fsp3) is 0. The molecule has 0 saturated heterocycles. The molecule has 0 bridgehead atoms. The summed E-state index contributed by atoms with van der Waals surface area (Å²) in [7, 11) is 0. The van der Waals surface area contributed by atoms with Crippen LogP contribution in [-0.4, -0.2) is 15.0 Å². The normalized spacial score (nSPS) is 10.8. The van der Waals surface area contributed by atoms with Crippen LogP contribution in [0.15, 0.2) is 138 Å². The van der Waals surface area contributed by atoms with E-state index < -0.39 is 0 Å². The van der Waals surface area contributed by atoms with Crippen LogP contribution < -0.4 is 0 Å². The Labute approximate surface area is 224 Å². The summed E-state index contributed by atoms with van der Waals surface area (Å²) in [4.78, 5) is 14.8. The van der Waals surface area contributed by atoms with E-state index in [1.165, 1.54) is 5.56 Å². The van der Waals surface area contributed by atoms with Gasteiger partial charge < -0.3 is 0 Å². The van der Waals surface area contributed by atoms with Crippen LogP contribution in [0, 0.1) is 0 Å². The first-order valence-corrected chi connectivity index (χ1v) is 12.9. The smallest absolute Gasteiger partial charge is 0.164 e. The van der Waals surface area contributed by atoms with E-state index in [1.54, 1.807) is 0 Å². The topological polar surface area (TPSA) is 38.7 Å². The minimum atomic E-state index is 0.641. The SMILES string of the molecule is Brc1ccc(-c2nc(-c3ccc(-c4ccccc4)cc3)nc(-c3ccccc3-c3ccccc3)n2)cc1. The molecule has 0 aliphatic rings. The van der Waals surface area contributed by atoms with Gasteiger partial charge in [0.2, 0.25) is 0 Å². The van der Waals surface area contributed by atoms with Crippen LogP contribution in [0.2, 0.25) is 0 Å². The number of aromatic nitrogens is 3. The summed E-state index contributed by atoms with van der Waals surface area (Å²) >= 11 is 3.53. The quantitative estimate of drug-likeness (QED) is 0.219. The Morgan fingerprint density at radius 2 is 0.730 bits per heavy atom. The summed E-state index contributed by atoms with van der Waals surface area (Å²) in [5.41, 5.74) is 7.39. The van der Waals surface area contributed by atoms with Crippen LogP contribution >= 0.6 is 15.9 Å². The first-order valence-electron chi connectivity index (χ1n) is 12.1. The second kappa shape index (κ2) is 10.3. The lowest BCUT2D eigenvalue weighted by atomic mass is 9.99. The molecule has 0 radical (unpaired) electrons. The molecule has 0 N–H and O–H groups in total. The highest BCUT2D eigenvalue weighted by molar-refractivity contribution is 9.10. The van der Waals surface area contributed by atoms with Gasteiger partial charge in [-0.25, -0.2) is 15.0 Å². The number of hydrogen-bond acceptors (Lipinski definition) is 3. The van der Waals surface area contributed by atoms with Crippen molar-refractivity contribution in [2.75, 3.05) is 0 Å². The van der Waals surface area contributed by atoms with Gasteiger partial charge in [-0.15, -0.1) is 0 Å². The van der Waals surface area contributed by atoms with E-state index in [0.717, 1.165) is 37.9 Å². The van der Waals surface area contributed by atoms with Crippen molar-refractivity contribution in [2.45, 2.75) is 0 Å². The van der Waals surface area contributed by atoms with Crippen LogP contribution in [0.5, 0.6) is 0 Å². The van der Waals surface area contributed by atoms with Crippen molar-refractivity contribution in [1.82, 2.24) is 15.0 Å². The van der Waals surface area contributed by atoms with E-state index in [2.05, 4.69) is 88.7 Å². The van der Waals surface area contributed by atoms with E-state index in [9.17, 15) is 0 Å². The van der Waals surface area contributed by atoms with E-state index in [0.29, 0.717) is 17.5 Å². The number of rotatable bonds is 5. The predicted molar refractivity (Wildman–Crippen MR) is 155 cm³/mol. The summed E-state index contributed by atoms with van der Waals surface area (Å²) < 4.78 is 1.01. The van der Waals surface area contributed by atoms with Crippen molar-refractivity contribution in [2.24, 2.45) is 0 Å². The molecule has 0 fully saturated rings. The number of nitrogens with zero attached hydrogens (tertiary/aromatic N) is 3. The van der Waals surface area contributed by atoms with Crippen molar-refractivity contribution in [3.63, 3.8) is 0 Å². The van der Waals surface area contributed by atoms with Crippen LogP contribution in [0.4, 0.5) is 0 Å². The fourth-order valence-corrected chi connectivity index (χ4v) is 4.61. The summed E-state index contributed by atoms with van der Waals surface area (Å²) in [6.45, 7) is 0. The molecule has 176 valence electrons. The summed E-state index contributed by atoms with van der Waals surface area (Å²) in [6.07, 6.45) is 0. The Hall–Kier alpha value is -4.41. The second-order valence-corrected chi connectivity index (χ2v) is 9.58. The maximum absolute atomic E-state index is 4.97. The lowest BCUT2D eigenvalue weighted by molar-refractivity contribution is 1.07. The minimum absolute atomic E-state index is 0.641. The third kappa shape index (κ3) is 4.97. The first kappa shape index (κ1) is 23.0. The van der Waals surface area contributed by atoms with Gasteiger partial charge in [-0.3, -0.25) is 0 Å². The van der Waals surface area contributed by atoms with Gasteiger partial charge in [0.05, 0.1) is 0 Å². The molecule has 0 aliphatic heterocycles. The average Bonchev–Trinajstić information content (AvgIpc) is 2.98. The molecule has 3 nitrogen and oxygen atoms in total. The highest BCUT2D eigenvalue weighted by Gasteiger charge is 2.15. The van der Waals surface area contributed by atoms with E-state index in [-0.39, 0.29) is 0 Å². The Kier molecular flexibility index (Phi) is 6.40. The molecular formula is C33H22BrN3. The third-order valence-electron chi connectivity index (χ3n) is 6.24. The highest BCUT2D eigenvalue weighted by atomic mass is 79.9. The zero-order valence-corrected chi connectivity index (χ0v) is 21.5. The van der Waals surface area contributed by atoms with Crippen LogP contribution in [-0.2, 0) is 0 Å². The van der Waals surface area contributed by atoms with Gasteiger partial charge in [-0.05, 0) is 34.4 Å². The monoisotopic (exact) mass is 539 g/mol. The molecule has 6 rings (SSSR count). The Balaban J connectivity index is 1.50. The van der Waals surface area contributed by atoms with Gasteiger partial charge in [-0.2, -0.15) is 0 Å². The fourth-order valence-electron chi connectivity index (χ4n) is 4.34. The average molecular weight is 540 g/mol. The number of hydrogen-bond donors (Lipinski definition) is 0. The van der Waals surface area contributed by atoms with Crippen LogP contribution in [0.3, 0.4) is 0 Å².